The highest BCUT2D eigenvalue weighted by Crippen LogP contribution is 2.21. The van der Waals surface area contributed by atoms with Crippen molar-refractivity contribution in [2.45, 2.75) is 19.9 Å². The van der Waals surface area contributed by atoms with Gasteiger partial charge in [-0.3, -0.25) is 4.68 Å². The van der Waals surface area contributed by atoms with Crippen LogP contribution in [0, 0.1) is 6.92 Å². The number of hydrogen-bond acceptors (Lipinski definition) is 1. The topological polar surface area (TPSA) is 31.9 Å². The zero-order chi connectivity index (χ0) is 8.43. The van der Waals surface area contributed by atoms with E-state index in [0.29, 0.717) is 0 Å². The van der Waals surface area contributed by atoms with E-state index in [9.17, 15) is 0 Å². The fourth-order valence-corrected chi connectivity index (χ4v) is 1.17. The molecule has 0 aliphatic carbocycles. The van der Waals surface area contributed by atoms with E-state index in [0.717, 1.165) is 5.69 Å². The Balaban J connectivity index is 2.93. The van der Waals surface area contributed by atoms with Crippen molar-refractivity contribution in [3.05, 3.63) is 22.8 Å². The molecule has 0 N–H and O–H groups in total. The Labute approximate surface area is 67.4 Å². The molecular formula is C8H14N3-. The van der Waals surface area contributed by atoms with Crippen LogP contribution in [-0.4, -0.2) is 16.8 Å². The van der Waals surface area contributed by atoms with Gasteiger partial charge in [-0.1, -0.05) is 6.92 Å². The summed E-state index contributed by atoms with van der Waals surface area (Å²) < 4.78 is 1.83. The van der Waals surface area contributed by atoms with Gasteiger partial charge in [0.25, 0.3) is 0 Å². The highest BCUT2D eigenvalue weighted by atomic mass is 15.3. The molecule has 0 radical (unpaired) electrons. The molecule has 0 amide bonds. The van der Waals surface area contributed by atoms with Crippen LogP contribution in [-0.2, 0) is 7.05 Å². The molecule has 11 heavy (non-hydrogen) atoms. The molecule has 0 spiro atoms. The minimum atomic E-state index is 0.267. The van der Waals surface area contributed by atoms with Gasteiger partial charge in [-0.2, -0.15) is 12.1 Å². The molecule has 1 unspecified atom stereocenters. The number of rotatable bonds is 2. The molecule has 1 aromatic heterocycles. The Kier molecular flexibility index (Phi) is 2.29. The summed E-state index contributed by atoms with van der Waals surface area (Å²) >= 11 is 0. The van der Waals surface area contributed by atoms with Crippen LogP contribution in [0.5, 0.6) is 0 Å². The van der Waals surface area contributed by atoms with Gasteiger partial charge < -0.3 is 5.32 Å². The lowest BCUT2D eigenvalue weighted by Crippen LogP contribution is -1.90. The summed E-state index contributed by atoms with van der Waals surface area (Å²) in [7, 11) is 3.76. The van der Waals surface area contributed by atoms with Gasteiger partial charge in [-0.15, -0.1) is 6.04 Å². The second-order valence-electron chi connectivity index (χ2n) is 2.78. The zero-order valence-corrected chi connectivity index (χ0v) is 7.50. The van der Waals surface area contributed by atoms with Crippen LogP contribution in [0.25, 0.3) is 5.32 Å². The average Bonchev–Trinajstić information content (AvgIpc) is 2.28. The first-order chi connectivity index (χ1) is 5.15. The minimum Gasteiger partial charge on any atom is -0.659 e. The first kappa shape index (κ1) is 8.27. The van der Waals surface area contributed by atoms with Crippen molar-refractivity contribution < 1.29 is 0 Å². The Morgan fingerprint density at radius 2 is 2.27 bits per heavy atom. The molecule has 1 aromatic rings. The fourth-order valence-electron chi connectivity index (χ4n) is 1.17. The van der Waals surface area contributed by atoms with Crippen LogP contribution in [0.3, 0.4) is 0 Å². The zero-order valence-electron chi connectivity index (χ0n) is 7.50. The summed E-state index contributed by atoms with van der Waals surface area (Å²) in [5.41, 5.74) is 2.29. The lowest BCUT2D eigenvalue weighted by atomic mass is 10.1. The molecule has 1 heterocycles. The van der Waals surface area contributed by atoms with E-state index < -0.39 is 0 Å². The highest BCUT2D eigenvalue weighted by Gasteiger charge is 2.02. The van der Waals surface area contributed by atoms with Gasteiger partial charge in [-0.05, 0) is 12.5 Å². The quantitative estimate of drug-likeness (QED) is 0.635. The maximum absolute atomic E-state index is 4.24. The van der Waals surface area contributed by atoms with Gasteiger partial charge in [0, 0.05) is 13.2 Å². The van der Waals surface area contributed by atoms with Crippen molar-refractivity contribution in [3.8, 4) is 0 Å². The van der Waals surface area contributed by atoms with Crippen molar-refractivity contribution in [1.29, 1.82) is 0 Å². The number of aryl methyl sites for hydroxylation is 2. The predicted octanol–water partition coefficient (Wildman–Crippen LogP) is 1.79. The Morgan fingerprint density at radius 3 is 2.64 bits per heavy atom. The van der Waals surface area contributed by atoms with Crippen LogP contribution in [0.2, 0.25) is 0 Å². The van der Waals surface area contributed by atoms with E-state index in [4.69, 9.17) is 0 Å². The molecule has 0 saturated heterocycles. The third-order valence-corrected chi connectivity index (χ3v) is 1.89. The molecule has 62 valence electrons. The van der Waals surface area contributed by atoms with E-state index in [2.05, 4.69) is 17.3 Å². The monoisotopic (exact) mass is 152 g/mol. The molecular weight excluding hydrogens is 138 g/mol. The largest absolute Gasteiger partial charge is 0.659 e. The first-order valence-corrected chi connectivity index (χ1v) is 3.74. The number of hydrogen-bond donors (Lipinski definition) is 0. The Bertz CT molecular complexity index is 239. The van der Waals surface area contributed by atoms with Crippen molar-refractivity contribution in [3.63, 3.8) is 0 Å². The normalized spacial score (nSPS) is 13.5. The second-order valence-corrected chi connectivity index (χ2v) is 2.78. The first-order valence-electron chi connectivity index (χ1n) is 3.74. The summed E-state index contributed by atoms with van der Waals surface area (Å²) in [5.74, 6) is 0. The average molecular weight is 152 g/mol. The summed E-state index contributed by atoms with van der Waals surface area (Å²) in [4.78, 5) is 0. The smallest absolute Gasteiger partial charge is 0.0610 e. The molecule has 3 nitrogen and oxygen atoms in total. The summed E-state index contributed by atoms with van der Waals surface area (Å²) in [6, 6.07) is 0.267. The number of nitrogens with zero attached hydrogens (tertiary/aromatic N) is 3. The van der Waals surface area contributed by atoms with E-state index in [1.807, 2.05) is 31.9 Å². The fraction of sp³-hybridized carbons (Fsp3) is 0.625. The summed E-state index contributed by atoms with van der Waals surface area (Å²) in [5, 5.41) is 8.42. The van der Waals surface area contributed by atoms with Gasteiger partial charge in [0.2, 0.25) is 0 Å². The molecule has 0 saturated carbocycles. The van der Waals surface area contributed by atoms with Crippen molar-refractivity contribution in [1.82, 2.24) is 9.78 Å². The number of aromatic nitrogens is 2. The molecule has 0 aliphatic heterocycles. The van der Waals surface area contributed by atoms with Crippen LogP contribution in [0.1, 0.15) is 24.2 Å². The van der Waals surface area contributed by atoms with E-state index in [-0.39, 0.29) is 6.04 Å². The molecule has 0 aliphatic rings. The van der Waals surface area contributed by atoms with E-state index in [1.165, 1.54) is 5.56 Å². The van der Waals surface area contributed by atoms with Crippen LogP contribution < -0.4 is 0 Å². The van der Waals surface area contributed by atoms with Gasteiger partial charge in [0.1, 0.15) is 0 Å². The van der Waals surface area contributed by atoms with Crippen LogP contribution in [0.15, 0.2) is 6.20 Å². The molecule has 0 aromatic carbocycles. The molecule has 1 rings (SSSR count). The molecule has 0 fully saturated rings. The van der Waals surface area contributed by atoms with Crippen molar-refractivity contribution in [2.75, 3.05) is 7.05 Å². The lowest BCUT2D eigenvalue weighted by Gasteiger charge is -2.21. The van der Waals surface area contributed by atoms with Gasteiger partial charge >= 0.3 is 0 Å². The van der Waals surface area contributed by atoms with Crippen LogP contribution in [0.4, 0.5) is 0 Å². The SMILES string of the molecule is C[N-]C(C)c1cn(C)nc1C. The van der Waals surface area contributed by atoms with E-state index in [1.54, 1.807) is 0 Å². The summed E-state index contributed by atoms with van der Waals surface area (Å²) in [6.07, 6.45) is 2.02. The molecule has 0 bridgehead atoms. The standard InChI is InChI=1S/C8H14N3/c1-6(9-3)8-5-11(4)10-7(8)2/h5-6H,1-4H3/q-1. The van der Waals surface area contributed by atoms with Gasteiger partial charge in [0.15, 0.2) is 0 Å². The molecule has 1 atom stereocenters. The van der Waals surface area contributed by atoms with Crippen LogP contribution >= 0.6 is 0 Å². The van der Waals surface area contributed by atoms with E-state index >= 15 is 0 Å². The minimum absolute atomic E-state index is 0.267. The second kappa shape index (κ2) is 3.05. The predicted molar refractivity (Wildman–Crippen MR) is 45.6 cm³/mol. The van der Waals surface area contributed by atoms with Gasteiger partial charge in [0.05, 0.1) is 5.69 Å². The maximum atomic E-state index is 4.24. The van der Waals surface area contributed by atoms with Crippen molar-refractivity contribution in [2.24, 2.45) is 7.05 Å². The lowest BCUT2D eigenvalue weighted by molar-refractivity contribution is 0.756. The maximum Gasteiger partial charge on any atom is 0.0610 e. The Hall–Kier alpha value is -0.830. The Morgan fingerprint density at radius 1 is 1.64 bits per heavy atom. The third kappa shape index (κ3) is 1.60. The van der Waals surface area contributed by atoms with Crippen molar-refractivity contribution >= 4 is 0 Å². The highest BCUT2D eigenvalue weighted by molar-refractivity contribution is 5.22. The summed E-state index contributed by atoms with van der Waals surface area (Å²) in [6.45, 7) is 4.08. The molecule has 3 heteroatoms. The van der Waals surface area contributed by atoms with Gasteiger partial charge in [-0.25, -0.2) is 0 Å². The third-order valence-electron chi connectivity index (χ3n) is 1.89.